The molecule has 1 unspecified atom stereocenters. The predicted molar refractivity (Wildman–Crippen MR) is 70.1 cm³/mol. The summed E-state index contributed by atoms with van der Waals surface area (Å²) in [7, 11) is 0. The highest BCUT2D eigenvalue weighted by atomic mass is 19.1. The fraction of sp³-hybridized carbons (Fsp3) is 0.500. The molecule has 0 spiro atoms. The lowest BCUT2D eigenvalue weighted by Gasteiger charge is -2.38. The van der Waals surface area contributed by atoms with Crippen molar-refractivity contribution in [3.8, 4) is 0 Å². The van der Waals surface area contributed by atoms with Crippen molar-refractivity contribution < 1.29 is 18.3 Å². The molecule has 20 heavy (non-hydrogen) atoms. The number of rotatable bonds is 5. The third-order valence-electron chi connectivity index (χ3n) is 3.36. The van der Waals surface area contributed by atoms with Crippen molar-refractivity contribution in [2.45, 2.75) is 25.5 Å². The number of carbonyl (C=O) groups is 1. The van der Waals surface area contributed by atoms with Crippen LogP contribution in [0.15, 0.2) is 18.2 Å². The molecule has 6 heteroatoms. The van der Waals surface area contributed by atoms with Gasteiger partial charge in [0.1, 0.15) is 18.2 Å². The Morgan fingerprint density at radius 2 is 2.05 bits per heavy atom. The topological polar surface area (TPSA) is 50.4 Å². The lowest BCUT2D eigenvalue weighted by molar-refractivity contribution is -0.136. The van der Waals surface area contributed by atoms with Gasteiger partial charge < -0.3 is 15.4 Å². The number of nitrogens with one attached hydrogen (secondary N) is 2. The smallest absolute Gasteiger partial charge is 0.246 e. The van der Waals surface area contributed by atoms with Gasteiger partial charge in [0, 0.05) is 18.7 Å². The maximum absolute atomic E-state index is 13.6. The lowest BCUT2D eigenvalue weighted by Crippen LogP contribution is -2.59. The van der Waals surface area contributed by atoms with Crippen LogP contribution in [0.4, 0.5) is 8.78 Å². The van der Waals surface area contributed by atoms with Crippen LogP contribution in [0.2, 0.25) is 0 Å². The molecule has 1 heterocycles. The molecule has 0 saturated carbocycles. The Balaban J connectivity index is 1.90. The van der Waals surface area contributed by atoms with Gasteiger partial charge in [0.2, 0.25) is 5.91 Å². The van der Waals surface area contributed by atoms with Gasteiger partial charge in [-0.15, -0.1) is 0 Å². The van der Waals surface area contributed by atoms with E-state index in [-0.39, 0.29) is 17.8 Å². The first-order valence-electron chi connectivity index (χ1n) is 6.49. The molecule has 1 aromatic carbocycles. The average Bonchev–Trinajstić information content (AvgIpc) is 2.34. The molecule has 1 aromatic rings. The Kier molecular flexibility index (Phi) is 4.35. The van der Waals surface area contributed by atoms with Crippen molar-refractivity contribution in [3.05, 3.63) is 35.4 Å². The molecule has 0 aliphatic carbocycles. The van der Waals surface area contributed by atoms with Gasteiger partial charge in [0.05, 0.1) is 11.6 Å². The monoisotopic (exact) mass is 284 g/mol. The molecule has 4 nitrogen and oxygen atoms in total. The van der Waals surface area contributed by atoms with E-state index in [0.717, 1.165) is 0 Å². The molecule has 1 atom stereocenters. The summed E-state index contributed by atoms with van der Waals surface area (Å²) in [4.78, 5) is 11.7. The van der Waals surface area contributed by atoms with Crippen LogP contribution >= 0.6 is 0 Å². The highest BCUT2D eigenvalue weighted by Crippen LogP contribution is 2.20. The minimum absolute atomic E-state index is 0.126. The highest BCUT2D eigenvalue weighted by molar-refractivity contribution is 5.77. The standard InChI is InChI=1S/C14H18F2N2O2/c1-9(13-10(15)4-3-5-11(13)16)18-12(19)6-20-14(2)7-17-8-14/h3-5,9,17H,6-8H2,1-2H3,(H,18,19). The molecule has 1 aliphatic rings. The first-order chi connectivity index (χ1) is 9.41. The zero-order valence-corrected chi connectivity index (χ0v) is 11.5. The maximum Gasteiger partial charge on any atom is 0.246 e. The summed E-state index contributed by atoms with van der Waals surface area (Å²) in [6, 6.07) is 2.87. The third kappa shape index (κ3) is 3.32. The van der Waals surface area contributed by atoms with Gasteiger partial charge in [-0.2, -0.15) is 0 Å². The van der Waals surface area contributed by atoms with Gasteiger partial charge in [-0.1, -0.05) is 6.07 Å². The van der Waals surface area contributed by atoms with Crippen molar-refractivity contribution in [1.82, 2.24) is 10.6 Å². The Morgan fingerprint density at radius 1 is 1.45 bits per heavy atom. The molecule has 1 fully saturated rings. The summed E-state index contributed by atoms with van der Waals surface area (Å²) in [5, 5.41) is 5.59. The Bertz CT molecular complexity index is 484. The van der Waals surface area contributed by atoms with E-state index in [0.29, 0.717) is 13.1 Å². The average molecular weight is 284 g/mol. The van der Waals surface area contributed by atoms with Crippen LogP contribution in [-0.2, 0) is 9.53 Å². The van der Waals surface area contributed by atoms with Crippen molar-refractivity contribution in [3.63, 3.8) is 0 Å². The zero-order valence-electron chi connectivity index (χ0n) is 11.5. The summed E-state index contributed by atoms with van der Waals surface area (Å²) in [5.74, 6) is -1.74. The molecule has 1 aliphatic heterocycles. The quantitative estimate of drug-likeness (QED) is 0.862. The van der Waals surface area contributed by atoms with E-state index in [1.807, 2.05) is 6.92 Å². The van der Waals surface area contributed by atoms with E-state index in [9.17, 15) is 13.6 Å². The number of ether oxygens (including phenoxy) is 1. The second kappa shape index (κ2) is 5.85. The minimum atomic E-state index is -0.750. The maximum atomic E-state index is 13.6. The van der Waals surface area contributed by atoms with E-state index >= 15 is 0 Å². The number of amides is 1. The summed E-state index contributed by atoms with van der Waals surface area (Å²) in [6.07, 6.45) is 0. The van der Waals surface area contributed by atoms with Crippen molar-refractivity contribution in [2.24, 2.45) is 0 Å². The summed E-state index contributed by atoms with van der Waals surface area (Å²) < 4.78 is 32.6. The minimum Gasteiger partial charge on any atom is -0.363 e. The van der Waals surface area contributed by atoms with Crippen LogP contribution in [0.5, 0.6) is 0 Å². The van der Waals surface area contributed by atoms with Crippen molar-refractivity contribution in [1.29, 1.82) is 0 Å². The van der Waals surface area contributed by atoms with Crippen LogP contribution in [0, 0.1) is 11.6 Å². The molecule has 0 radical (unpaired) electrons. The molecular formula is C14H18F2N2O2. The van der Waals surface area contributed by atoms with E-state index in [2.05, 4.69) is 10.6 Å². The van der Waals surface area contributed by atoms with Crippen LogP contribution in [-0.4, -0.2) is 31.2 Å². The van der Waals surface area contributed by atoms with Crippen LogP contribution in [0.25, 0.3) is 0 Å². The molecule has 2 rings (SSSR count). The fourth-order valence-corrected chi connectivity index (χ4v) is 2.10. The number of hydrogen-bond acceptors (Lipinski definition) is 3. The summed E-state index contributed by atoms with van der Waals surface area (Å²) >= 11 is 0. The number of carbonyl (C=O) groups excluding carboxylic acids is 1. The van der Waals surface area contributed by atoms with E-state index in [4.69, 9.17) is 4.74 Å². The second-order valence-corrected chi connectivity index (χ2v) is 5.27. The van der Waals surface area contributed by atoms with Crippen LogP contribution in [0.3, 0.4) is 0 Å². The molecule has 110 valence electrons. The molecule has 2 N–H and O–H groups in total. The summed E-state index contributed by atoms with van der Waals surface area (Å²) in [5.41, 5.74) is -0.471. The van der Waals surface area contributed by atoms with Gasteiger partial charge in [0.15, 0.2) is 0 Å². The molecule has 1 amide bonds. The van der Waals surface area contributed by atoms with Crippen molar-refractivity contribution >= 4 is 5.91 Å². The first kappa shape index (κ1) is 14.9. The molecule has 0 aromatic heterocycles. The van der Waals surface area contributed by atoms with E-state index in [1.54, 1.807) is 0 Å². The molecule has 0 bridgehead atoms. The zero-order chi connectivity index (χ0) is 14.8. The number of hydrogen-bond donors (Lipinski definition) is 2. The van der Waals surface area contributed by atoms with Gasteiger partial charge in [-0.25, -0.2) is 8.78 Å². The Hall–Kier alpha value is -1.53. The van der Waals surface area contributed by atoms with Crippen LogP contribution < -0.4 is 10.6 Å². The third-order valence-corrected chi connectivity index (χ3v) is 3.36. The second-order valence-electron chi connectivity index (χ2n) is 5.27. The largest absolute Gasteiger partial charge is 0.363 e. The molecule has 1 saturated heterocycles. The van der Waals surface area contributed by atoms with Gasteiger partial charge in [0.25, 0.3) is 0 Å². The molecular weight excluding hydrogens is 266 g/mol. The predicted octanol–water partition coefficient (Wildman–Crippen LogP) is 1.52. The van der Waals surface area contributed by atoms with Gasteiger partial charge in [-0.05, 0) is 26.0 Å². The van der Waals surface area contributed by atoms with Crippen molar-refractivity contribution in [2.75, 3.05) is 19.7 Å². The normalized spacial score (nSPS) is 18.2. The fourth-order valence-electron chi connectivity index (χ4n) is 2.10. The van der Waals surface area contributed by atoms with Gasteiger partial charge in [-0.3, -0.25) is 4.79 Å². The van der Waals surface area contributed by atoms with E-state index in [1.165, 1.54) is 25.1 Å². The van der Waals surface area contributed by atoms with E-state index < -0.39 is 23.6 Å². The lowest BCUT2D eigenvalue weighted by atomic mass is 10.0. The summed E-state index contributed by atoms with van der Waals surface area (Å²) in [6.45, 7) is 4.69. The van der Waals surface area contributed by atoms with Crippen LogP contribution in [0.1, 0.15) is 25.5 Å². The number of benzene rings is 1. The van der Waals surface area contributed by atoms with Gasteiger partial charge >= 0.3 is 0 Å². The Morgan fingerprint density at radius 3 is 2.55 bits per heavy atom. The highest BCUT2D eigenvalue weighted by Gasteiger charge is 2.33. The number of halogens is 2. The Labute approximate surface area is 116 Å². The SMILES string of the molecule is CC(NC(=O)COC1(C)CNC1)c1c(F)cccc1F. The first-order valence-corrected chi connectivity index (χ1v) is 6.49.